The summed E-state index contributed by atoms with van der Waals surface area (Å²) in [7, 11) is 0. The van der Waals surface area contributed by atoms with Crippen LogP contribution >= 0.6 is 0 Å². The van der Waals surface area contributed by atoms with E-state index in [9.17, 15) is 17.4 Å². The van der Waals surface area contributed by atoms with Crippen LogP contribution in [0, 0.1) is 0 Å². The predicted octanol–water partition coefficient (Wildman–Crippen LogP) is 2.55. The number of nitrogens with one attached hydrogen (secondary N) is 1. The number of aromatic nitrogens is 3. The molecule has 0 aliphatic rings. The number of benzene rings is 2. The summed E-state index contributed by atoms with van der Waals surface area (Å²) in [5.74, 6) is -0.370. The fourth-order valence-corrected chi connectivity index (χ4v) is 2.48. The van der Waals surface area contributed by atoms with E-state index in [1.807, 2.05) is 0 Å². The molecule has 0 saturated carbocycles. The lowest BCUT2D eigenvalue weighted by Crippen LogP contribution is -2.17. The molecule has 2 N–H and O–H groups in total. The number of hydrogen-bond acceptors (Lipinski definition) is 4. The van der Waals surface area contributed by atoms with Crippen molar-refractivity contribution in [2.75, 3.05) is 0 Å². The molecule has 132 valence electrons. The first-order chi connectivity index (χ1) is 11.8. The molecular weight excluding hydrogens is 361 g/mol. The fraction of sp³-hybridized carbons (Fsp3) is 0.143. The Morgan fingerprint density at radius 2 is 1.92 bits per heavy atom. The van der Waals surface area contributed by atoms with Gasteiger partial charge in [0.2, 0.25) is 11.3 Å². The molecule has 1 unspecified atom stereocenters. The minimum Gasteiger partial charge on any atom is -0.406 e. The summed E-state index contributed by atoms with van der Waals surface area (Å²) < 4.78 is 63.7. The molecule has 3 rings (SSSR count). The summed E-state index contributed by atoms with van der Waals surface area (Å²) in [6.45, 7) is 0.208. The van der Waals surface area contributed by atoms with Gasteiger partial charge < -0.3 is 4.74 Å². The zero-order valence-electron chi connectivity index (χ0n) is 12.4. The second-order valence-corrected chi connectivity index (χ2v) is 5.72. The first-order valence-electron chi connectivity index (χ1n) is 6.87. The molecule has 0 aliphatic carbocycles. The highest BCUT2D eigenvalue weighted by Crippen LogP contribution is 2.26. The van der Waals surface area contributed by atoms with Crippen LogP contribution in [0.15, 0.2) is 42.5 Å². The normalized spacial score (nSPS) is 13.1. The van der Waals surface area contributed by atoms with E-state index in [0.717, 1.165) is 11.6 Å². The number of nitrogens with zero attached hydrogens (tertiary/aromatic N) is 3. The van der Waals surface area contributed by atoms with E-state index in [1.54, 1.807) is 24.3 Å². The van der Waals surface area contributed by atoms with Gasteiger partial charge in [-0.3, -0.25) is 4.55 Å². The Labute approximate surface area is 141 Å². The molecular formula is C14H11F3N4O3S. The summed E-state index contributed by atoms with van der Waals surface area (Å²) in [5, 5.41) is 7.78. The number of halogens is 3. The van der Waals surface area contributed by atoms with Gasteiger partial charge in [0.15, 0.2) is 0 Å². The molecule has 3 aromatic rings. The average Bonchev–Trinajstić information content (AvgIpc) is 2.95. The van der Waals surface area contributed by atoms with Crippen molar-refractivity contribution in [3.8, 4) is 11.4 Å². The number of hydrogen-bond donors (Lipinski definition) is 2. The molecule has 1 heterocycles. The molecule has 0 aliphatic heterocycles. The highest BCUT2D eigenvalue weighted by atomic mass is 32.2. The third-order valence-electron chi connectivity index (χ3n) is 3.23. The van der Waals surface area contributed by atoms with E-state index in [-0.39, 0.29) is 17.8 Å². The Hall–Kier alpha value is -2.50. The van der Waals surface area contributed by atoms with Gasteiger partial charge in [0.1, 0.15) is 11.3 Å². The molecule has 0 fully saturated rings. The minimum absolute atomic E-state index is 0.208. The molecule has 25 heavy (non-hydrogen) atoms. The lowest BCUT2D eigenvalue weighted by molar-refractivity contribution is -0.274. The molecule has 0 spiro atoms. The Morgan fingerprint density at radius 1 is 1.20 bits per heavy atom. The molecule has 0 bridgehead atoms. The maximum absolute atomic E-state index is 12.3. The Kier molecular flexibility index (Phi) is 4.70. The monoisotopic (exact) mass is 372 g/mol. The smallest absolute Gasteiger partial charge is 0.406 e. The van der Waals surface area contributed by atoms with Crippen LogP contribution in [-0.4, -0.2) is 30.1 Å². The molecule has 2 aromatic carbocycles. The van der Waals surface area contributed by atoms with E-state index < -0.39 is 17.6 Å². The van der Waals surface area contributed by atoms with Gasteiger partial charge >= 0.3 is 6.36 Å². The molecule has 0 radical (unpaired) electrons. The van der Waals surface area contributed by atoms with Crippen molar-refractivity contribution in [1.29, 1.82) is 0 Å². The number of fused-ring (bicyclic) bond motifs is 1. The van der Waals surface area contributed by atoms with Crippen molar-refractivity contribution in [2.45, 2.75) is 12.9 Å². The van der Waals surface area contributed by atoms with Crippen LogP contribution < -0.4 is 9.46 Å². The van der Waals surface area contributed by atoms with Crippen LogP contribution in [0.5, 0.6) is 5.75 Å². The standard InChI is InChI=1S/C14H11F3N4O3S/c15-14(16,17)24-11-5-6-13-12(7-11)19-20-21(13)10-3-1-9(2-4-10)8-18-25(22)23/h1-7,18H,8H2,(H,22,23). The summed E-state index contributed by atoms with van der Waals surface area (Å²) in [6, 6.07) is 10.7. The van der Waals surface area contributed by atoms with E-state index in [4.69, 9.17) is 4.55 Å². The van der Waals surface area contributed by atoms with E-state index in [1.165, 1.54) is 16.8 Å². The van der Waals surface area contributed by atoms with Crippen LogP contribution in [0.3, 0.4) is 0 Å². The fourth-order valence-electron chi connectivity index (χ4n) is 2.19. The molecule has 0 amide bonds. The van der Waals surface area contributed by atoms with Gasteiger partial charge in [-0.1, -0.05) is 17.3 Å². The van der Waals surface area contributed by atoms with Gasteiger partial charge in [0.25, 0.3) is 0 Å². The topological polar surface area (TPSA) is 89.3 Å². The van der Waals surface area contributed by atoms with Crippen molar-refractivity contribution >= 4 is 22.3 Å². The SMILES string of the molecule is O=S(O)NCc1ccc(-n2nnc3cc(OC(F)(F)F)ccc32)cc1. The number of ether oxygens (including phenoxy) is 1. The summed E-state index contributed by atoms with van der Waals surface area (Å²) in [5.41, 5.74) is 2.18. The van der Waals surface area contributed by atoms with E-state index in [2.05, 4.69) is 19.8 Å². The van der Waals surface area contributed by atoms with Crippen molar-refractivity contribution < 1.29 is 26.7 Å². The maximum atomic E-state index is 12.3. The van der Waals surface area contributed by atoms with Crippen LogP contribution in [-0.2, 0) is 17.8 Å². The van der Waals surface area contributed by atoms with Gasteiger partial charge in [-0.25, -0.2) is 13.6 Å². The number of rotatable bonds is 5. The quantitative estimate of drug-likeness (QED) is 0.672. The molecule has 1 atom stereocenters. The van der Waals surface area contributed by atoms with Crippen molar-refractivity contribution in [1.82, 2.24) is 19.7 Å². The van der Waals surface area contributed by atoms with Crippen molar-refractivity contribution in [2.24, 2.45) is 0 Å². The van der Waals surface area contributed by atoms with E-state index in [0.29, 0.717) is 11.2 Å². The van der Waals surface area contributed by atoms with Gasteiger partial charge in [-0.05, 0) is 29.8 Å². The van der Waals surface area contributed by atoms with E-state index >= 15 is 0 Å². The summed E-state index contributed by atoms with van der Waals surface area (Å²) in [6.07, 6.45) is -4.77. The highest BCUT2D eigenvalue weighted by Gasteiger charge is 2.31. The zero-order valence-corrected chi connectivity index (χ0v) is 13.2. The molecule has 1 aromatic heterocycles. The minimum atomic E-state index is -4.77. The van der Waals surface area contributed by atoms with Gasteiger partial charge in [0.05, 0.1) is 11.2 Å². The third-order valence-corrected chi connectivity index (χ3v) is 3.62. The Morgan fingerprint density at radius 3 is 2.56 bits per heavy atom. The Bertz CT molecular complexity index is 912. The number of alkyl halides is 3. The lowest BCUT2D eigenvalue weighted by atomic mass is 10.2. The predicted molar refractivity (Wildman–Crippen MR) is 83.2 cm³/mol. The summed E-state index contributed by atoms with van der Waals surface area (Å²) >= 11 is -2.10. The Balaban J connectivity index is 1.85. The zero-order chi connectivity index (χ0) is 18.0. The largest absolute Gasteiger partial charge is 0.573 e. The van der Waals surface area contributed by atoms with Crippen LogP contribution in [0.4, 0.5) is 13.2 Å². The van der Waals surface area contributed by atoms with Crippen molar-refractivity contribution in [3.63, 3.8) is 0 Å². The average molecular weight is 372 g/mol. The third kappa shape index (κ3) is 4.32. The van der Waals surface area contributed by atoms with Crippen LogP contribution in [0.25, 0.3) is 16.7 Å². The second-order valence-electron chi connectivity index (χ2n) is 4.94. The van der Waals surface area contributed by atoms with Crippen LogP contribution in [0.2, 0.25) is 0 Å². The van der Waals surface area contributed by atoms with Gasteiger partial charge in [0, 0.05) is 12.6 Å². The first kappa shape index (κ1) is 17.3. The summed E-state index contributed by atoms with van der Waals surface area (Å²) in [4.78, 5) is 0. The first-order valence-corrected chi connectivity index (χ1v) is 7.97. The molecule has 11 heteroatoms. The lowest BCUT2D eigenvalue weighted by Gasteiger charge is -2.08. The molecule has 7 nitrogen and oxygen atoms in total. The molecule has 0 saturated heterocycles. The maximum Gasteiger partial charge on any atom is 0.573 e. The van der Waals surface area contributed by atoms with Crippen LogP contribution in [0.1, 0.15) is 5.56 Å². The highest BCUT2D eigenvalue weighted by molar-refractivity contribution is 7.77. The second kappa shape index (κ2) is 6.78. The van der Waals surface area contributed by atoms with Gasteiger partial charge in [-0.15, -0.1) is 18.3 Å². The van der Waals surface area contributed by atoms with Crippen molar-refractivity contribution in [3.05, 3.63) is 48.0 Å². The van der Waals surface area contributed by atoms with Gasteiger partial charge in [-0.2, -0.15) is 0 Å².